The van der Waals surface area contributed by atoms with Gasteiger partial charge >= 0.3 is 0 Å². The van der Waals surface area contributed by atoms with Crippen molar-refractivity contribution in [3.63, 3.8) is 0 Å². The van der Waals surface area contributed by atoms with E-state index < -0.39 is 0 Å². The Morgan fingerprint density at radius 3 is 2.33 bits per heavy atom. The maximum absolute atomic E-state index is 5.76. The van der Waals surface area contributed by atoms with Crippen molar-refractivity contribution in [1.29, 1.82) is 0 Å². The Labute approximate surface area is 148 Å². The number of hydrogen-bond donors (Lipinski definition) is 0. The summed E-state index contributed by atoms with van der Waals surface area (Å²) in [7, 11) is 0. The van der Waals surface area contributed by atoms with Crippen molar-refractivity contribution in [2.24, 2.45) is 11.8 Å². The highest BCUT2D eigenvalue weighted by Crippen LogP contribution is 2.22. The first-order valence-electron chi connectivity index (χ1n) is 9.61. The Hall–Kier alpha value is -1.06. The van der Waals surface area contributed by atoms with Gasteiger partial charge in [-0.25, -0.2) is 0 Å². The van der Waals surface area contributed by atoms with Gasteiger partial charge in [0.2, 0.25) is 0 Å². The van der Waals surface area contributed by atoms with Gasteiger partial charge in [-0.3, -0.25) is 0 Å². The molecule has 2 rings (SSSR count). The predicted octanol–water partition coefficient (Wildman–Crippen LogP) is 4.57. The molecule has 1 aromatic carbocycles. The normalized spacial score (nSPS) is 23.2. The quantitative estimate of drug-likeness (QED) is 0.618. The lowest BCUT2D eigenvalue weighted by Crippen LogP contribution is -2.40. The average molecular weight is 334 g/mol. The second-order valence-electron chi connectivity index (χ2n) is 7.54. The highest BCUT2D eigenvalue weighted by molar-refractivity contribution is 5.29. The summed E-state index contributed by atoms with van der Waals surface area (Å²) in [5.74, 6) is 3.18. The van der Waals surface area contributed by atoms with Crippen molar-refractivity contribution < 1.29 is 9.47 Å². The van der Waals surface area contributed by atoms with E-state index in [1.165, 1.54) is 31.5 Å². The molecule has 0 spiro atoms. The number of ether oxygens (including phenoxy) is 2. The zero-order valence-electron chi connectivity index (χ0n) is 16.0. The fraction of sp³-hybridized carbons (Fsp3) is 0.714. The van der Waals surface area contributed by atoms with Crippen molar-refractivity contribution >= 4 is 0 Å². The van der Waals surface area contributed by atoms with E-state index in [2.05, 4.69) is 56.9 Å². The monoisotopic (exact) mass is 333 g/mol. The standard InChI is InChI=1S/C21H35NO2/c1-5-19(4)20-6-8-21(9-7-20)24-13-12-23-11-10-22-15-17(2)14-18(3)16-22/h6-9,17-19H,5,10-16H2,1-4H3/t17-,18+,19-/m0/s1. The topological polar surface area (TPSA) is 21.7 Å². The Balaban J connectivity index is 1.56. The van der Waals surface area contributed by atoms with Crippen LogP contribution in [0.25, 0.3) is 0 Å². The van der Waals surface area contributed by atoms with E-state index in [1.54, 1.807) is 0 Å². The highest BCUT2D eigenvalue weighted by Gasteiger charge is 2.21. The first-order chi connectivity index (χ1) is 11.6. The van der Waals surface area contributed by atoms with Crippen LogP contribution in [0.1, 0.15) is 52.0 Å². The van der Waals surface area contributed by atoms with Crippen molar-refractivity contribution in [2.45, 2.75) is 46.5 Å². The summed E-state index contributed by atoms with van der Waals surface area (Å²) < 4.78 is 11.5. The molecule has 0 radical (unpaired) electrons. The summed E-state index contributed by atoms with van der Waals surface area (Å²) in [4.78, 5) is 2.54. The largest absolute Gasteiger partial charge is 0.491 e. The molecule has 0 bridgehead atoms. The summed E-state index contributed by atoms with van der Waals surface area (Å²) >= 11 is 0. The van der Waals surface area contributed by atoms with Gasteiger partial charge in [0, 0.05) is 19.6 Å². The smallest absolute Gasteiger partial charge is 0.119 e. The molecular formula is C21H35NO2. The van der Waals surface area contributed by atoms with Crippen LogP contribution in [0.2, 0.25) is 0 Å². The van der Waals surface area contributed by atoms with Crippen LogP contribution in [0, 0.1) is 11.8 Å². The first-order valence-corrected chi connectivity index (χ1v) is 9.61. The zero-order chi connectivity index (χ0) is 17.4. The van der Waals surface area contributed by atoms with E-state index >= 15 is 0 Å². The summed E-state index contributed by atoms with van der Waals surface area (Å²) in [6, 6.07) is 8.47. The molecule has 1 fully saturated rings. The zero-order valence-corrected chi connectivity index (χ0v) is 16.0. The lowest BCUT2D eigenvalue weighted by Gasteiger charge is -2.34. The molecule has 1 aliphatic rings. The molecule has 3 nitrogen and oxygen atoms in total. The van der Waals surface area contributed by atoms with E-state index in [-0.39, 0.29) is 0 Å². The SMILES string of the molecule is CC[C@H](C)c1ccc(OCCOCCN2C[C@H](C)C[C@H](C)C2)cc1. The molecule has 1 aromatic rings. The van der Waals surface area contributed by atoms with E-state index in [4.69, 9.17) is 9.47 Å². The molecule has 0 unspecified atom stereocenters. The Morgan fingerprint density at radius 1 is 1.04 bits per heavy atom. The summed E-state index contributed by atoms with van der Waals surface area (Å²) in [6.45, 7) is 14.7. The van der Waals surface area contributed by atoms with E-state index in [0.717, 1.165) is 30.7 Å². The molecule has 1 heterocycles. The van der Waals surface area contributed by atoms with E-state index in [1.807, 2.05) is 0 Å². The number of hydrogen-bond acceptors (Lipinski definition) is 3. The summed E-state index contributed by atoms with van der Waals surface area (Å²) in [6.07, 6.45) is 2.53. The average Bonchev–Trinajstić information content (AvgIpc) is 2.57. The van der Waals surface area contributed by atoms with Gasteiger partial charge in [-0.1, -0.05) is 39.8 Å². The van der Waals surface area contributed by atoms with Gasteiger partial charge in [0.05, 0.1) is 13.2 Å². The van der Waals surface area contributed by atoms with Crippen molar-refractivity contribution in [2.75, 3.05) is 39.5 Å². The maximum Gasteiger partial charge on any atom is 0.119 e. The molecule has 3 atom stereocenters. The number of piperidine rings is 1. The molecule has 0 aliphatic carbocycles. The lowest BCUT2D eigenvalue weighted by atomic mass is 9.92. The van der Waals surface area contributed by atoms with Crippen LogP contribution in [0.4, 0.5) is 0 Å². The second kappa shape index (κ2) is 10.0. The van der Waals surface area contributed by atoms with Crippen molar-refractivity contribution in [3.05, 3.63) is 29.8 Å². The van der Waals surface area contributed by atoms with Crippen molar-refractivity contribution in [1.82, 2.24) is 4.90 Å². The van der Waals surface area contributed by atoms with Crippen LogP contribution >= 0.6 is 0 Å². The summed E-state index contributed by atoms with van der Waals surface area (Å²) in [5, 5.41) is 0. The molecule has 3 heteroatoms. The number of likely N-dealkylation sites (tertiary alicyclic amines) is 1. The number of nitrogens with zero attached hydrogens (tertiary/aromatic N) is 1. The van der Waals surface area contributed by atoms with E-state index in [9.17, 15) is 0 Å². The molecule has 1 aliphatic heterocycles. The number of rotatable bonds is 9. The van der Waals surface area contributed by atoms with Crippen LogP contribution in [0.15, 0.2) is 24.3 Å². The summed E-state index contributed by atoms with van der Waals surface area (Å²) in [5.41, 5.74) is 1.38. The lowest BCUT2D eigenvalue weighted by molar-refractivity contribution is 0.0595. The second-order valence-corrected chi connectivity index (χ2v) is 7.54. The highest BCUT2D eigenvalue weighted by atomic mass is 16.5. The first kappa shape index (κ1) is 19.3. The van der Waals surface area contributed by atoms with Gasteiger partial charge in [-0.15, -0.1) is 0 Å². The third kappa shape index (κ3) is 6.45. The number of benzene rings is 1. The Morgan fingerprint density at radius 2 is 1.71 bits per heavy atom. The van der Waals surface area contributed by atoms with Crippen molar-refractivity contribution in [3.8, 4) is 5.75 Å². The third-order valence-corrected chi connectivity index (χ3v) is 5.05. The molecule has 0 N–H and O–H groups in total. The fourth-order valence-electron chi connectivity index (χ4n) is 3.62. The minimum atomic E-state index is 0.614. The minimum absolute atomic E-state index is 0.614. The van der Waals surface area contributed by atoms with Gasteiger partial charge in [-0.2, -0.15) is 0 Å². The van der Waals surface area contributed by atoms with Gasteiger partial charge in [0.15, 0.2) is 0 Å². The van der Waals surface area contributed by atoms with Gasteiger partial charge < -0.3 is 14.4 Å². The van der Waals surface area contributed by atoms with Gasteiger partial charge in [-0.05, 0) is 48.3 Å². The van der Waals surface area contributed by atoms with Crippen LogP contribution in [-0.2, 0) is 4.74 Å². The molecule has 136 valence electrons. The molecule has 1 saturated heterocycles. The molecule has 24 heavy (non-hydrogen) atoms. The Kier molecular flexibility index (Phi) is 8.07. The maximum atomic E-state index is 5.76. The fourth-order valence-corrected chi connectivity index (χ4v) is 3.62. The van der Waals surface area contributed by atoms with Crippen LogP contribution in [-0.4, -0.2) is 44.4 Å². The molecular weight excluding hydrogens is 298 g/mol. The van der Waals surface area contributed by atoms with Crippen LogP contribution in [0.5, 0.6) is 5.75 Å². The van der Waals surface area contributed by atoms with Gasteiger partial charge in [0.1, 0.15) is 12.4 Å². The van der Waals surface area contributed by atoms with E-state index in [0.29, 0.717) is 19.1 Å². The van der Waals surface area contributed by atoms with Gasteiger partial charge in [0.25, 0.3) is 0 Å². The predicted molar refractivity (Wildman–Crippen MR) is 101 cm³/mol. The third-order valence-electron chi connectivity index (χ3n) is 5.05. The Bertz CT molecular complexity index is 449. The van der Waals surface area contributed by atoms with Crippen LogP contribution in [0.3, 0.4) is 0 Å². The molecule has 0 saturated carbocycles. The minimum Gasteiger partial charge on any atom is -0.491 e. The van der Waals surface area contributed by atoms with Crippen LogP contribution < -0.4 is 4.74 Å². The molecule has 0 aromatic heterocycles. The molecule has 0 amide bonds.